The van der Waals surface area contributed by atoms with Crippen LogP contribution in [0.5, 0.6) is 0 Å². The Bertz CT molecular complexity index is 668. The Labute approximate surface area is 125 Å². The standard InChI is InChI=1S/C17H21N3O/c1-3-8-18-16-13-7-5-4-6-12(13)14(10-19-16)17(21)20-15-9-11(15)2/h4-7,10-11,15H,3,8-9H2,1-2H3,(H,18,19)(H,20,21). The van der Waals surface area contributed by atoms with Gasteiger partial charge in [-0.05, 0) is 24.1 Å². The molecule has 0 aliphatic heterocycles. The third-order valence-electron chi connectivity index (χ3n) is 4.01. The average molecular weight is 283 g/mol. The molecule has 1 heterocycles. The largest absolute Gasteiger partial charge is 0.370 e. The smallest absolute Gasteiger partial charge is 0.253 e. The van der Waals surface area contributed by atoms with Crippen LogP contribution in [0.15, 0.2) is 30.5 Å². The summed E-state index contributed by atoms with van der Waals surface area (Å²) in [5.41, 5.74) is 0.659. The van der Waals surface area contributed by atoms with Crippen molar-refractivity contribution < 1.29 is 4.79 Å². The van der Waals surface area contributed by atoms with E-state index in [0.29, 0.717) is 17.5 Å². The molecule has 1 aromatic heterocycles. The number of rotatable bonds is 5. The van der Waals surface area contributed by atoms with Crippen LogP contribution in [0.2, 0.25) is 0 Å². The van der Waals surface area contributed by atoms with E-state index < -0.39 is 0 Å². The number of carbonyl (C=O) groups is 1. The zero-order chi connectivity index (χ0) is 14.8. The number of anilines is 1. The third kappa shape index (κ3) is 2.84. The number of carbonyl (C=O) groups excluding carboxylic acids is 1. The minimum atomic E-state index is -0.0184. The Morgan fingerprint density at radius 3 is 2.71 bits per heavy atom. The first-order valence-electron chi connectivity index (χ1n) is 7.63. The van der Waals surface area contributed by atoms with Crippen LogP contribution in [0.25, 0.3) is 10.8 Å². The molecule has 1 fully saturated rings. The van der Waals surface area contributed by atoms with Gasteiger partial charge in [0.25, 0.3) is 5.91 Å². The van der Waals surface area contributed by atoms with Crippen LogP contribution >= 0.6 is 0 Å². The number of hydrogen-bond donors (Lipinski definition) is 2. The Morgan fingerprint density at radius 2 is 2.05 bits per heavy atom. The van der Waals surface area contributed by atoms with Gasteiger partial charge >= 0.3 is 0 Å². The van der Waals surface area contributed by atoms with Crippen LogP contribution in [0.1, 0.15) is 37.0 Å². The van der Waals surface area contributed by atoms with E-state index >= 15 is 0 Å². The van der Waals surface area contributed by atoms with Gasteiger partial charge in [0.15, 0.2) is 0 Å². The van der Waals surface area contributed by atoms with Crippen molar-refractivity contribution in [3.8, 4) is 0 Å². The van der Waals surface area contributed by atoms with E-state index in [1.54, 1.807) is 6.20 Å². The van der Waals surface area contributed by atoms with E-state index in [4.69, 9.17) is 0 Å². The normalized spacial score (nSPS) is 20.3. The van der Waals surface area contributed by atoms with Crippen molar-refractivity contribution in [1.29, 1.82) is 0 Å². The molecule has 1 aromatic carbocycles. The van der Waals surface area contributed by atoms with Gasteiger partial charge in [-0.1, -0.05) is 38.1 Å². The molecule has 0 bridgehead atoms. The lowest BCUT2D eigenvalue weighted by atomic mass is 10.1. The second kappa shape index (κ2) is 5.72. The van der Waals surface area contributed by atoms with Crippen molar-refractivity contribution in [3.05, 3.63) is 36.0 Å². The molecule has 2 N–H and O–H groups in total. The fourth-order valence-electron chi connectivity index (χ4n) is 2.53. The molecule has 1 saturated carbocycles. The highest BCUT2D eigenvalue weighted by Gasteiger charge is 2.34. The summed E-state index contributed by atoms with van der Waals surface area (Å²) in [4.78, 5) is 16.8. The molecule has 3 rings (SSSR count). The number of benzene rings is 1. The van der Waals surface area contributed by atoms with Crippen LogP contribution in [0, 0.1) is 5.92 Å². The number of nitrogens with one attached hydrogen (secondary N) is 2. The minimum Gasteiger partial charge on any atom is -0.370 e. The summed E-state index contributed by atoms with van der Waals surface area (Å²) in [6.45, 7) is 5.15. The lowest BCUT2D eigenvalue weighted by Crippen LogP contribution is -2.27. The van der Waals surface area contributed by atoms with Gasteiger partial charge in [0.05, 0.1) is 5.56 Å². The van der Waals surface area contributed by atoms with E-state index in [1.807, 2.05) is 24.3 Å². The van der Waals surface area contributed by atoms with Gasteiger partial charge in [-0.25, -0.2) is 4.98 Å². The summed E-state index contributed by atoms with van der Waals surface area (Å²) in [6.07, 6.45) is 3.80. The van der Waals surface area contributed by atoms with E-state index in [2.05, 4.69) is 29.5 Å². The Morgan fingerprint density at radius 1 is 1.33 bits per heavy atom. The Kier molecular flexibility index (Phi) is 3.78. The molecule has 2 unspecified atom stereocenters. The Balaban J connectivity index is 1.94. The van der Waals surface area contributed by atoms with Gasteiger partial charge in [-0.15, -0.1) is 0 Å². The predicted octanol–water partition coefficient (Wildman–Crippen LogP) is 3.19. The molecule has 110 valence electrons. The number of amides is 1. The monoisotopic (exact) mass is 283 g/mol. The molecule has 2 atom stereocenters. The SMILES string of the molecule is CCCNc1ncc(C(=O)NC2CC2C)c2ccccc12. The molecule has 1 aliphatic carbocycles. The first-order valence-corrected chi connectivity index (χ1v) is 7.63. The van der Waals surface area contributed by atoms with Crippen molar-refractivity contribution in [2.45, 2.75) is 32.7 Å². The molecular weight excluding hydrogens is 262 g/mol. The number of nitrogens with zero attached hydrogens (tertiary/aromatic N) is 1. The lowest BCUT2D eigenvalue weighted by Gasteiger charge is -2.11. The zero-order valence-electron chi connectivity index (χ0n) is 12.5. The van der Waals surface area contributed by atoms with Crippen molar-refractivity contribution >= 4 is 22.5 Å². The first-order chi connectivity index (χ1) is 10.2. The van der Waals surface area contributed by atoms with Crippen molar-refractivity contribution in [1.82, 2.24) is 10.3 Å². The maximum absolute atomic E-state index is 12.4. The van der Waals surface area contributed by atoms with Crippen molar-refractivity contribution in [2.75, 3.05) is 11.9 Å². The van der Waals surface area contributed by atoms with Crippen molar-refractivity contribution in [3.63, 3.8) is 0 Å². The topological polar surface area (TPSA) is 54.0 Å². The highest BCUT2D eigenvalue weighted by atomic mass is 16.1. The molecule has 2 aromatic rings. The lowest BCUT2D eigenvalue weighted by molar-refractivity contribution is 0.0950. The molecule has 0 spiro atoms. The van der Waals surface area contributed by atoms with Crippen LogP contribution in [-0.2, 0) is 0 Å². The van der Waals surface area contributed by atoms with Crippen LogP contribution in [0.3, 0.4) is 0 Å². The summed E-state index contributed by atoms with van der Waals surface area (Å²) in [5, 5.41) is 8.35. The Hall–Kier alpha value is -2.10. The maximum atomic E-state index is 12.4. The van der Waals surface area contributed by atoms with Crippen molar-refractivity contribution in [2.24, 2.45) is 5.92 Å². The van der Waals surface area contributed by atoms with Gasteiger partial charge < -0.3 is 10.6 Å². The van der Waals surface area contributed by atoms with Gasteiger partial charge in [0.2, 0.25) is 0 Å². The van der Waals surface area contributed by atoms with Gasteiger partial charge in [0, 0.05) is 24.2 Å². The molecule has 21 heavy (non-hydrogen) atoms. The highest BCUT2D eigenvalue weighted by molar-refractivity contribution is 6.09. The van der Waals surface area contributed by atoms with Gasteiger partial charge in [0.1, 0.15) is 5.82 Å². The third-order valence-corrected chi connectivity index (χ3v) is 4.01. The summed E-state index contributed by atoms with van der Waals surface area (Å²) in [7, 11) is 0. The molecular formula is C17H21N3O. The summed E-state index contributed by atoms with van der Waals surface area (Å²) in [6, 6.07) is 8.26. The molecule has 1 amide bonds. The molecule has 4 heteroatoms. The number of hydrogen-bond acceptors (Lipinski definition) is 3. The molecule has 0 saturated heterocycles. The van der Waals surface area contributed by atoms with Crippen LogP contribution in [-0.4, -0.2) is 23.5 Å². The molecule has 4 nitrogen and oxygen atoms in total. The fraction of sp³-hybridized carbons (Fsp3) is 0.412. The maximum Gasteiger partial charge on any atom is 0.253 e. The van der Waals surface area contributed by atoms with E-state index in [-0.39, 0.29) is 5.91 Å². The molecule has 1 aliphatic rings. The zero-order valence-corrected chi connectivity index (χ0v) is 12.5. The van der Waals surface area contributed by atoms with Gasteiger partial charge in [-0.2, -0.15) is 0 Å². The number of pyridine rings is 1. The summed E-state index contributed by atoms with van der Waals surface area (Å²) < 4.78 is 0. The average Bonchev–Trinajstić information content (AvgIpc) is 3.19. The fourth-order valence-corrected chi connectivity index (χ4v) is 2.53. The van der Waals surface area contributed by atoms with E-state index in [9.17, 15) is 4.79 Å². The van der Waals surface area contributed by atoms with E-state index in [0.717, 1.165) is 36.0 Å². The number of fused-ring (bicyclic) bond motifs is 1. The number of aromatic nitrogens is 1. The summed E-state index contributed by atoms with van der Waals surface area (Å²) in [5.74, 6) is 1.43. The predicted molar refractivity (Wildman–Crippen MR) is 85.6 cm³/mol. The van der Waals surface area contributed by atoms with Gasteiger partial charge in [-0.3, -0.25) is 4.79 Å². The second-order valence-corrected chi connectivity index (χ2v) is 5.79. The van der Waals surface area contributed by atoms with Crippen LogP contribution in [0.4, 0.5) is 5.82 Å². The summed E-state index contributed by atoms with van der Waals surface area (Å²) >= 11 is 0. The van der Waals surface area contributed by atoms with Crippen LogP contribution < -0.4 is 10.6 Å². The van der Waals surface area contributed by atoms with E-state index in [1.165, 1.54) is 0 Å². The highest BCUT2D eigenvalue weighted by Crippen LogP contribution is 2.30. The minimum absolute atomic E-state index is 0.0184. The second-order valence-electron chi connectivity index (χ2n) is 5.79. The molecule has 0 radical (unpaired) electrons. The first kappa shape index (κ1) is 13.9. The quantitative estimate of drug-likeness (QED) is 0.886.